The molecular weight excluding hydrogens is 236 g/mol. The van der Waals surface area contributed by atoms with E-state index in [1.165, 1.54) is 0 Å². The molecule has 0 unspecified atom stereocenters. The molecule has 0 fully saturated rings. The molecule has 0 spiro atoms. The van der Waals surface area contributed by atoms with Gasteiger partial charge in [0.25, 0.3) is 0 Å². The van der Waals surface area contributed by atoms with Crippen molar-refractivity contribution >= 4 is 11.9 Å². The number of hydrogen-bond donors (Lipinski definition) is 4. The number of nitrogens with two attached hydrogens (primary N) is 1. The Bertz CT molecular complexity index is 413. The molecule has 1 heterocycles. The zero-order valence-corrected chi connectivity index (χ0v) is 10.5. The first-order chi connectivity index (χ1) is 8.41. The minimum absolute atomic E-state index is 0.0912. The molecule has 0 saturated heterocycles. The fourth-order valence-electron chi connectivity index (χ4n) is 1.44. The van der Waals surface area contributed by atoms with Gasteiger partial charge in [-0.25, -0.2) is 9.97 Å². The summed E-state index contributed by atoms with van der Waals surface area (Å²) in [6, 6.07) is -0.837. The lowest BCUT2D eigenvalue weighted by atomic mass is 10.2. The van der Waals surface area contributed by atoms with Gasteiger partial charge in [-0.3, -0.25) is 4.79 Å². The number of nitrogens with zero attached hydrogens (tertiary/aromatic N) is 2. The van der Waals surface area contributed by atoms with Crippen LogP contribution in [0.15, 0.2) is 0 Å². The second-order valence-corrected chi connectivity index (χ2v) is 4.08. The van der Waals surface area contributed by atoms with E-state index in [4.69, 9.17) is 10.8 Å². The highest BCUT2D eigenvalue weighted by Crippen LogP contribution is 2.18. The van der Waals surface area contributed by atoms with Gasteiger partial charge >= 0.3 is 5.97 Å². The predicted octanol–water partition coefficient (Wildman–Crippen LogP) is 0.403. The van der Waals surface area contributed by atoms with Crippen molar-refractivity contribution in [1.29, 1.82) is 0 Å². The number of aromatic hydroxyl groups is 1. The second-order valence-electron chi connectivity index (χ2n) is 4.08. The molecule has 0 radical (unpaired) electrons. The summed E-state index contributed by atoms with van der Waals surface area (Å²) in [5.74, 6) is -0.484. The average Bonchev–Trinajstić information content (AvgIpc) is 2.31. The molecule has 0 aliphatic heterocycles. The number of carbonyl (C=O) groups is 1. The maximum Gasteiger partial charge on any atom is 0.320 e. The van der Waals surface area contributed by atoms with Gasteiger partial charge in [-0.15, -0.1) is 0 Å². The molecule has 7 heteroatoms. The summed E-state index contributed by atoms with van der Waals surface area (Å²) in [6.45, 7) is 3.91. The number of aryl methyl sites for hydroxylation is 2. The van der Waals surface area contributed by atoms with E-state index in [1.807, 2.05) is 0 Å². The molecule has 18 heavy (non-hydrogen) atoms. The van der Waals surface area contributed by atoms with Crippen molar-refractivity contribution in [2.45, 2.75) is 32.7 Å². The van der Waals surface area contributed by atoms with Crippen molar-refractivity contribution in [3.8, 4) is 5.75 Å². The van der Waals surface area contributed by atoms with E-state index in [1.54, 1.807) is 13.8 Å². The Balaban J connectivity index is 2.43. The smallest absolute Gasteiger partial charge is 0.320 e. The van der Waals surface area contributed by atoms with Crippen molar-refractivity contribution < 1.29 is 15.0 Å². The molecule has 1 atom stereocenters. The van der Waals surface area contributed by atoms with Crippen LogP contribution in [0.5, 0.6) is 5.75 Å². The molecule has 0 aromatic carbocycles. The summed E-state index contributed by atoms with van der Waals surface area (Å²) in [5, 5.41) is 21.1. The molecule has 1 aromatic rings. The van der Waals surface area contributed by atoms with Gasteiger partial charge in [-0.05, 0) is 26.7 Å². The van der Waals surface area contributed by atoms with E-state index in [0.717, 1.165) is 0 Å². The SMILES string of the molecule is Cc1nc(NCCC[C@H](N)C(=O)O)nc(C)c1O. The van der Waals surface area contributed by atoms with E-state index in [-0.39, 0.29) is 5.75 Å². The second kappa shape index (κ2) is 6.15. The summed E-state index contributed by atoms with van der Waals surface area (Å²) in [4.78, 5) is 18.6. The van der Waals surface area contributed by atoms with Crippen molar-refractivity contribution in [3.05, 3.63) is 11.4 Å². The highest BCUT2D eigenvalue weighted by molar-refractivity contribution is 5.72. The predicted molar refractivity (Wildman–Crippen MR) is 66.5 cm³/mol. The third-order valence-electron chi connectivity index (χ3n) is 2.52. The first-order valence-electron chi connectivity index (χ1n) is 5.68. The van der Waals surface area contributed by atoms with Gasteiger partial charge in [0.1, 0.15) is 6.04 Å². The van der Waals surface area contributed by atoms with Crippen LogP contribution in [0.3, 0.4) is 0 Å². The Morgan fingerprint density at radius 2 is 1.94 bits per heavy atom. The van der Waals surface area contributed by atoms with E-state index in [2.05, 4.69) is 15.3 Å². The molecule has 0 aliphatic carbocycles. The summed E-state index contributed by atoms with van der Waals surface area (Å²) in [6.07, 6.45) is 0.994. The Morgan fingerprint density at radius 1 is 1.39 bits per heavy atom. The lowest BCUT2D eigenvalue weighted by Gasteiger charge is -2.09. The van der Waals surface area contributed by atoms with E-state index < -0.39 is 12.0 Å². The molecule has 0 saturated carbocycles. The monoisotopic (exact) mass is 254 g/mol. The highest BCUT2D eigenvalue weighted by Gasteiger charge is 2.10. The normalized spacial score (nSPS) is 12.2. The maximum absolute atomic E-state index is 10.5. The van der Waals surface area contributed by atoms with E-state index in [9.17, 15) is 9.90 Å². The van der Waals surface area contributed by atoms with Gasteiger partial charge < -0.3 is 21.3 Å². The standard InChI is InChI=1S/C11H18N4O3/c1-6-9(16)7(2)15-11(14-6)13-5-3-4-8(12)10(17)18/h8,16H,3-5,12H2,1-2H3,(H,17,18)(H,13,14,15)/t8-/m0/s1. The summed E-state index contributed by atoms with van der Waals surface area (Å²) in [7, 11) is 0. The van der Waals surface area contributed by atoms with Crippen LogP contribution in [-0.4, -0.2) is 38.7 Å². The Hall–Kier alpha value is -1.89. The van der Waals surface area contributed by atoms with E-state index in [0.29, 0.717) is 36.7 Å². The van der Waals surface area contributed by atoms with Crippen molar-refractivity contribution in [2.75, 3.05) is 11.9 Å². The topological polar surface area (TPSA) is 121 Å². The van der Waals surface area contributed by atoms with E-state index >= 15 is 0 Å². The lowest BCUT2D eigenvalue weighted by Crippen LogP contribution is -2.30. The number of hydrogen-bond acceptors (Lipinski definition) is 6. The number of anilines is 1. The minimum Gasteiger partial charge on any atom is -0.504 e. The molecule has 7 nitrogen and oxygen atoms in total. The molecule has 1 aromatic heterocycles. The molecule has 5 N–H and O–H groups in total. The number of carboxylic acid groups (broad SMARTS) is 1. The van der Waals surface area contributed by atoms with Gasteiger partial charge in [0, 0.05) is 6.54 Å². The zero-order chi connectivity index (χ0) is 13.7. The van der Waals surface area contributed by atoms with Crippen molar-refractivity contribution in [2.24, 2.45) is 5.73 Å². The van der Waals surface area contributed by atoms with Gasteiger partial charge in [-0.2, -0.15) is 0 Å². The van der Waals surface area contributed by atoms with Crippen LogP contribution in [0.1, 0.15) is 24.2 Å². The number of aromatic nitrogens is 2. The third kappa shape index (κ3) is 3.85. The lowest BCUT2D eigenvalue weighted by molar-refractivity contribution is -0.138. The molecule has 0 bridgehead atoms. The van der Waals surface area contributed by atoms with Crippen molar-refractivity contribution in [3.63, 3.8) is 0 Å². The Labute approximate surface area is 105 Å². The van der Waals surface area contributed by atoms with Crippen LogP contribution in [-0.2, 0) is 4.79 Å². The quantitative estimate of drug-likeness (QED) is 0.542. The highest BCUT2D eigenvalue weighted by atomic mass is 16.4. The zero-order valence-electron chi connectivity index (χ0n) is 10.5. The molecule has 0 aliphatic rings. The van der Waals surface area contributed by atoms with Crippen LogP contribution in [0.4, 0.5) is 5.95 Å². The third-order valence-corrected chi connectivity index (χ3v) is 2.52. The molecule has 1 rings (SSSR count). The largest absolute Gasteiger partial charge is 0.504 e. The van der Waals surface area contributed by atoms with Crippen LogP contribution in [0.25, 0.3) is 0 Å². The fraction of sp³-hybridized carbons (Fsp3) is 0.545. The minimum atomic E-state index is -0.998. The fourth-order valence-corrected chi connectivity index (χ4v) is 1.44. The first-order valence-corrected chi connectivity index (χ1v) is 5.68. The van der Waals surface area contributed by atoms with Gasteiger partial charge in [0.2, 0.25) is 5.95 Å². The van der Waals surface area contributed by atoms with Crippen LogP contribution < -0.4 is 11.1 Å². The summed E-state index contributed by atoms with van der Waals surface area (Å²) in [5.41, 5.74) is 6.39. The average molecular weight is 254 g/mol. The first kappa shape index (κ1) is 14.2. The Kier molecular flexibility index (Phi) is 4.85. The maximum atomic E-state index is 10.5. The number of nitrogens with one attached hydrogen (secondary N) is 1. The summed E-state index contributed by atoms with van der Waals surface area (Å²) < 4.78 is 0. The van der Waals surface area contributed by atoms with Gasteiger partial charge in [0.15, 0.2) is 5.75 Å². The molecule has 100 valence electrons. The Morgan fingerprint density at radius 3 is 2.44 bits per heavy atom. The van der Waals surface area contributed by atoms with Crippen LogP contribution >= 0.6 is 0 Å². The van der Waals surface area contributed by atoms with Crippen LogP contribution in [0.2, 0.25) is 0 Å². The van der Waals surface area contributed by atoms with Crippen LogP contribution in [0, 0.1) is 13.8 Å². The molecular formula is C11H18N4O3. The number of carboxylic acids is 1. The van der Waals surface area contributed by atoms with Crippen molar-refractivity contribution in [1.82, 2.24) is 9.97 Å². The van der Waals surface area contributed by atoms with Gasteiger partial charge in [-0.1, -0.05) is 0 Å². The summed E-state index contributed by atoms with van der Waals surface area (Å²) >= 11 is 0. The number of rotatable bonds is 6. The molecule has 0 amide bonds. The number of aliphatic carboxylic acids is 1. The van der Waals surface area contributed by atoms with Gasteiger partial charge in [0.05, 0.1) is 11.4 Å².